The van der Waals surface area contributed by atoms with Crippen molar-refractivity contribution >= 4 is 17.0 Å². The van der Waals surface area contributed by atoms with Crippen molar-refractivity contribution in [2.75, 3.05) is 18.5 Å². The summed E-state index contributed by atoms with van der Waals surface area (Å²) in [5.41, 5.74) is 0.713. The average molecular weight is 291 g/mol. The Bertz CT molecular complexity index is 540. The summed E-state index contributed by atoms with van der Waals surface area (Å²) in [5.74, 6) is 1.21. The van der Waals surface area contributed by atoms with Gasteiger partial charge in [0.25, 0.3) is 0 Å². The van der Waals surface area contributed by atoms with Gasteiger partial charge in [0.2, 0.25) is 11.8 Å². The molecule has 2 rings (SSSR count). The minimum absolute atomic E-state index is 0.592. The first-order valence-electron chi connectivity index (χ1n) is 7.93. The molecule has 6 nitrogen and oxygen atoms in total. The van der Waals surface area contributed by atoms with E-state index in [0.29, 0.717) is 24.1 Å². The highest BCUT2D eigenvalue weighted by Gasteiger charge is 2.10. The number of ether oxygens (including phenoxy) is 1. The second kappa shape index (κ2) is 8.44. The van der Waals surface area contributed by atoms with Gasteiger partial charge < -0.3 is 10.1 Å². The number of aromatic amines is 1. The summed E-state index contributed by atoms with van der Waals surface area (Å²) in [6.45, 7) is 5.86. The number of hydrogen-bond acceptors (Lipinski definition) is 5. The minimum atomic E-state index is 0.592. The second-order valence-corrected chi connectivity index (χ2v) is 5.17. The summed E-state index contributed by atoms with van der Waals surface area (Å²) < 4.78 is 5.83. The molecule has 6 heteroatoms. The first kappa shape index (κ1) is 15.5. The van der Waals surface area contributed by atoms with Gasteiger partial charge in [0.1, 0.15) is 5.39 Å². The summed E-state index contributed by atoms with van der Waals surface area (Å²) in [5, 5.41) is 10.9. The third-order valence-electron chi connectivity index (χ3n) is 3.29. The molecule has 0 unspecified atom stereocenters. The zero-order valence-electron chi connectivity index (χ0n) is 13.0. The molecule has 0 aromatic carbocycles. The number of nitrogens with zero attached hydrogens (tertiary/aromatic N) is 3. The van der Waals surface area contributed by atoms with Crippen LogP contribution in [-0.4, -0.2) is 33.3 Å². The first-order chi connectivity index (χ1) is 10.3. The van der Waals surface area contributed by atoms with E-state index in [1.54, 1.807) is 6.20 Å². The summed E-state index contributed by atoms with van der Waals surface area (Å²) in [6, 6.07) is 0. The van der Waals surface area contributed by atoms with Crippen molar-refractivity contribution < 1.29 is 4.74 Å². The lowest BCUT2D eigenvalue weighted by molar-refractivity contribution is 0.297. The monoisotopic (exact) mass is 291 g/mol. The third-order valence-corrected chi connectivity index (χ3v) is 3.29. The lowest BCUT2D eigenvalue weighted by Gasteiger charge is -2.08. The summed E-state index contributed by atoms with van der Waals surface area (Å²) >= 11 is 0. The van der Waals surface area contributed by atoms with Gasteiger partial charge in [-0.15, -0.1) is 0 Å². The molecule has 116 valence electrons. The number of hydrogen-bond donors (Lipinski definition) is 2. The van der Waals surface area contributed by atoms with Crippen LogP contribution in [0.1, 0.15) is 52.4 Å². The number of fused-ring (bicyclic) bond motifs is 1. The van der Waals surface area contributed by atoms with E-state index in [2.05, 4.69) is 39.3 Å². The predicted octanol–water partition coefficient (Wildman–Crippen LogP) is 3.52. The Morgan fingerprint density at radius 2 is 1.95 bits per heavy atom. The lowest BCUT2D eigenvalue weighted by atomic mass is 10.2. The molecule has 2 N–H and O–H groups in total. The van der Waals surface area contributed by atoms with Crippen molar-refractivity contribution in [3.8, 4) is 5.88 Å². The maximum atomic E-state index is 5.83. The predicted molar refractivity (Wildman–Crippen MR) is 84.7 cm³/mol. The van der Waals surface area contributed by atoms with Gasteiger partial charge in [-0.2, -0.15) is 15.1 Å². The quantitative estimate of drug-likeness (QED) is 0.655. The van der Waals surface area contributed by atoms with Crippen LogP contribution in [0.15, 0.2) is 6.20 Å². The van der Waals surface area contributed by atoms with Crippen molar-refractivity contribution in [2.45, 2.75) is 52.4 Å². The molecule has 0 bridgehead atoms. The number of anilines is 1. The number of nitrogens with one attached hydrogen (secondary N) is 2. The fourth-order valence-corrected chi connectivity index (χ4v) is 2.11. The van der Waals surface area contributed by atoms with Crippen LogP contribution in [0, 0.1) is 0 Å². The van der Waals surface area contributed by atoms with E-state index in [1.807, 2.05) is 0 Å². The van der Waals surface area contributed by atoms with Gasteiger partial charge >= 0.3 is 0 Å². The molecule has 0 saturated carbocycles. The van der Waals surface area contributed by atoms with E-state index in [9.17, 15) is 0 Å². The Kier molecular flexibility index (Phi) is 6.24. The molecule has 0 amide bonds. The van der Waals surface area contributed by atoms with Crippen LogP contribution < -0.4 is 10.1 Å². The van der Waals surface area contributed by atoms with Gasteiger partial charge in [-0.1, -0.05) is 39.5 Å². The largest absolute Gasteiger partial charge is 0.477 e. The van der Waals surface area contributed by atoms with Crippen LogP contribution in [0.5, 0.6) is 5.88 Å². The van der Waals surface area contributed by atoms with Crippen molar-refractivity contribution in [3.05, 3.63) is 6.20 Å². The van der Waals surface area contributed by atoms with Crippen LogP contribution in [0.4, 0.5) is 5.95 Å². The van der Waals surface area contributed by atoms with Crippen molar-refractivity contribution in [1.29, 1.82) is 0 Å². The van der Waals surface area contributed by atoms with Crippen molar-refractivity contribution in [3.63, 3.8) is 0 Å². The summed E-state index contributed by atoms with van der Waals surface area (Å²) in [6.07, 6.45) is 8.83. The molecule has 0 atom stereocenters. The van der Waals surface area contributed by atoms with Crippen molar-refractivity contribution in [2.24, 2.45) is 0 Å². The highest BCUT2D eigenvalue weighted by atomic mass is 16.5. The van der Waals surface area contributed by atoms with E-state index in [4.69, 9.17) is 4.74 Å². The smallest absolute Gasteiger partial charge is 0.229 e. The van der Waals surface area contributed by atoms with Gasteiger partial charge in [-0.05, 0) is 12.8 Å². The van der Waals surface area contributed by atoms with Crippen LogP contribution >= 0.6 is 0 Å². The van der Waals surface area contributed by atoms with E-state index < -0.39 is 0 Å². The van der Waals surface area contributed by atoms with Gasteiger partial charge in [0.05, 0.1) is 12.8 Å². The van der Waals surface area contributed by atoms with Gasteiger partial charge in [0.15, 0.2) is 5.65 Å². The second-order valence-electron chi connectivity index (χ2n) is 5.17. The normalized spacial score (nSPS) is 11.0. The SMILES string of the molecule is CCCCCCCOc1nc(NCCC)nc2[nH]ncc12. The zero-order chi connectivity index (χ0) is 14.9. The highest BCUT2D eigenvalue weighted by molar-refractivity contribution is 5.80. The summed E-state index contributed by atoms with van der Waals surface area (Å²) in [7, 11) is 0. The minimum Gasteiger partial charge on any atom is -0.477 e. The molecular weight excluding hydrogens is 266 g/mol. The average Bonchev–Trinajstić information content (AvgIpc) is 2.97. The van der Waals surface area contributed by atoms with Crippen LogP contribution in [0.2, 0.25) is 0 Å². The van der Waals surface area contributed by atoms with E-state index in [1.165, 1.54) is 25.7 Å². The van der Waals surface area contributed by atoms with E-state index in [-0.39, 0.29) is 0 Å². The summed E-state index contributed by atoms with van der Waals surface area (Å²) in [4.78, 5) is 8.82. The molecule has 2 aromatic rings. The Morgan fingerprint density at radius 1 is 1.10 bits per heavy atom. The zero-order valence-corrected chi connectivity index (χ0v) is 13.0. The van der Waals surface area contributed by atoms with Gasteiger partial charge in [-0.25, -0.2) is 0 Å². The Hall–Kier alpha value is -1.85. The highest BCUT2D eigenvalue weighted by Crippen LogP contribution is 2.22. The van der Waals surface area contributed by atoms with Crippen molar-refractivity contribution in [1.82, 2.24) is 20.2 Å². The molecule has 0 radical (unpaired) electrons. The molecule has 0 aliphatic rings. The molecular formula is C15H25N5O. The maximum Gasteiger partial charge on any atom is 0.229 e. The number of rotatable bonds is 10. The Morgan fingerprint density at radius 3 is 2.76 bits per heavy atom. The Balaban J connectivity index is 1.95. The first-order valence-corrected chi connectivity index (χ1v) is 7.93. The maximum absolute atomic E-state index is 5.83. The number of unbranched alkanes of at least 4 members (excludes halogenated alkanes) is 4. The van der Waals surface area contributed by atoms with Crippen LogP contribution in [-0.2, 0) is 0 Å². The standard InChI is InChI=1S/C15H25N5O/c1-3-5-6-7-8-10-21-14-12-11-17-20-13(12)18-15(19-14)16-9-4-2/h11H,3-10H2,1-2H3,(H2,16,17,18,19,20). The Labute approximate surface area is 125 Å². The number of aromatic nitrogens is 4. The van der Waals surface area contributed by atoms with Gasteiger partial charge in [0, 0.05) is 6.54 Å². The fraction of sp³-hybridized carbons (Fsp3) is 0.667. The number of H-pyrrole nitrogens is 1. The fourth-order valence-electron chi connectivity index (χ4n) is 2.11. The molecule has 0 spiro atoms. The molecule has 0 aliphatic carbocycles. The molecule has 2 heterocycles. The third kappa shape index (κ3) is 4.58. The molecule has 2 aromatic heterocycles. The molecule has 21 heavy (non-hydrogen) atoms. The molecule has 0 saturated heterocycles. The topological polar surface area (TPSA) is 75.7 Å². The molecule has 0 fully saturated rings. The van der Waals surface area contributed by atoms with E-state index >= 15 is 0 Å². The van der Waals surface area contributed by atoms with Crippen LogP contribution in [0.25, 0.3) is 11.0 Å². The van der Waals surface area contributed by atoms with E-state index in [0.717, 1.165) is 24.8 Å². The lowest BCUT2D eigenvalue weighted by Crippen LogP contribution is -2.07. The molecule has 0 aliphatic heterocycles. The van der Waals surface area contributed by atoms with Gasteiger partial charge in [-0.3, -0.25) is 5.10 Å². The van der Waals surface area contributed by atoms with Crippen LogP contribution in [0.3, 0.4) is 0 Å².